The molecule has 15 heavy (non-hydrogen) atoms. The first-order valence-electron chi connectivity index (χ1n) is 4.27. The van der Waals surface area contributed by atoms with Crippen LogP contribution in [-0.2, 0) is 17.5 Å². The SMILES string of the molecule is CCOCCn1c(C(F)(F)F)n[nH]c1=S. The standard InChI is InChI=1S/C7H10F3N3OS/c1-2-14-4-3-13-5(7(8,9)10)11-12-6(13)15/h2-4H2,1H3,(H,12,15). The van der Waals surface area contributed by atoms with Crippen molar-refractivity contribution >= 4 is 12.2 Å². The van der Waals surface area contributed by atoms with Gasteiger partial charge in [0, 0.05) is 6.61 Å². The Balaban J connectivity index is 2.85. The van der Waals surface area contributed by atoms with E-state index in [-0.39, 0.29) is 17.9 Å². The summed E-state index contributed by atoms with van der Waals surface area (Å²) in [6.07, 6.45) is -4.50. The van der Waals surface area contributed by atoms with Gasteiger partial charge in [-0.1, -0.05) is 0 Å². The van der Waals surface area contributed by atoms with E-state index in [1.165, 1.54) is 0 Å². The molecule has 0 fully saturated rings. The summed E-state index contributed by atoms with van der Waals surface area (Å²) < 4.78 is 42.9. The summed E-state index contributed by atoms with van der Waals surface area (Å²) in [7, 11) is 0. The van der Waals surface area contributed by atoms with E-state index >= 15 is 0 Å². The lowest BCUT2D eigenvalue weighted by Crippen LogP contribution is -2.17. The molecule has 0 unspecified atom stereocenters. The number of rotatable bonds is 4. The number of halogens is 3. The molecular formula is C7H10F3N3OS. The van der Waals surface area contributed by atoms with Gasteiger partial charge in [0.15, 0.2) is 4.77 Å². The third-order valence-electron chi connectivity index (χ3n) is 1.68. The van der Waals surface area contributed by atoms with Gasteiger partial charge >= 0.3 is 6.18 Å². The van der Waals surface area contributed by atoms with Crippen molar-refractivity contribution in [2.24, 2.45) is 0 Å². The quantitative estimate of drug-likeness (QED) is 0.647. The lowest BCUT2D eigenvalue weighted by Gasteiger charge is -2.08. The number of aromatic nitrogens is 3. The van der Waals surface area contributed by atoms with Crippen LogP contribution in [0.25, 0.3) is 0 Å². The minimum absolute atomic E-state index is 0.0397. The van der Waals surface area contributed by atoms with Crippen molar-refractivity contribution in [3.8, 4) is 0 Å². The normalized spacial score (nSPS) is 12.0. The van der Waals surface area contributed by atoms with Crippen LogP contribution in [0.2, 0.25) is 0 Å². The Labute approximate surface area is 89.1 Å². The molecule has 4 nitrogen and oxygen atoms in total. The summed E-state index contributed by atoms with van der Waals surface area (Å²) in [6.45, 7) is 2.43. The Morgan fingerprint density at radius 1 is 1.53 bits per heavy atom. The van der Waals surface area contributed by atoms with Crippen molar-refractivity contribution < 1.29 is 17.9 Å². The van der Waals surface area contributed by atoms with Crippen LogP contribution in [0.3, 0.4) is 0 Å². The second-order valence-electron chi connectivity index (χ2n) is 2.70. The number of alkyl halides is 3. The second kappa shape index (κ2) is 4.75. The Morgan fingerprint density at radius 3 is 2.73 bits per heavy atom. The Morgan fingerprint density at radius 2 is 2.20 bits per heavy atom. The van der Waals surface area contributed by atoms with E-state index in [9.17, 15) is 13.2 Å². The second-order valence-corrected chi connectivity index (χ2v) is 3.09. The zero-order chi connectivity index (χ0) is 11.5. The zero-order valence-electron chi connectivity index (χ0n) is 7.97. The summed E-state index contributed by atoms with van der Waals surface area (Å²) in [4.78, 5) is 0. The summed E-state index contributed by atoms with van der Waals surface area (Å²) >= 11 is 4.68. The van der Waals surface area contributed by atoms with Crippen LogP contribution >= 0.6 is 12.2 Å². The van der Waals surface area contributed by atoms with Gasteiger partial charge < -0.3 is 4.74 Å². The molecule has 8 heteroatoms. The molecule has 0 saturated carbocycles. The van der Waals surface area contributed by atoms with Gasteiger partial charge in [0.25, 0.3) is 0 Å². The van der Waals surface area contributed by atoms with Crippen LogP contribution < -0.4 is 0 Å². The van der Waals surface area contributed by atoms with E-state index < -0.39 is 12.0 Å². The summed E-state index contributed by atoms with van der Waals surface area (Å²) in [5, 5.41) is 5.24. The van der Waals surface area contributed by atoms with Crippen LogP contribution in [0.5, 0.6) is 0 Å². The number of hydrogen-bond acceptors (Lipinski definition) is 3. The first-order chi connectivity index (χ1) is 6.96. The average Bonchev–Trinajstić information content (AvgIpc) is 2.48. The predicted molar refractivity (Wildman–Crippen MR) is 48.9 cm³/mol. The van der Waals surface area contributed by atoms with Crippen LogP contribution in [-0.4, -0.2) is 28.0 Å². The average molecular weight is 241 g/mol. The molecule has 1 aromatic rings. The highest BCUT2D eigenvalue weighted by Crippen LogP contribution is 2.27. The first-order valence-corrected chi connectivity index (χ1v) is 4.67. The van der Waals surface area contributed by atoms with Gasteiger partial charge in [-0.15, -0.1) is 5.10 Å². The molecule has 0 aromatic carbocycles. The van der Waals surface area contributed by atoms with Crippen LogP contribution in [0.1, 0.15) is 12.7 Å². The van der Waals surface area contributed by atoms with Crippen LogP contribution in [0.15, 0.2) is 0 Å². The van der Waals surface area contributed by atoms with Crippen molar-refractivity contribution in [3.63, 3.8) is 0 Å². The van der Waals surface area contributed by atoms with Crippen LogP contribution in [0, 0.1) is 4.77 Å². The number of nitrogens with zero attached hydrogens (tertiary/aromatic N) is 2. The van der Waals surface area contributed by atoms with E-state index in [0.29, 0.717) is 6.61 Å². The topological polar surface area (TPSA) is 42.8 Å². The maximum absolute atomic E-state index is 12.4. The van der Waals surface area contributed by atoms with Gasteiger partial charge in [-0.25, -0.2) is 0 Å². The molecule has 0 aliphatic heterocycles. The molecule has 0 amide bonds. The minimum atomic E-state index is -4.50. The van der Waals surface area contributed by atoms with Gasteiger partial charge in [0.05, 0.1) is 13.2 Å². The molecule has 0 bridgehead atoms. The van der Waals surface area contributed by atoms with E-state index in [2.05, 4.69) is 22.4 Å². The number of H-pyrrole nitrogens is 1. The van der Waals surface area contributed by atoms with E-state index in [1.807, 2.05) is 0 Å². The fourth-order valence-electron chi connectivity index (χ4n) is 1.04. The van der Waals surface area contributed by atoms with Gasteiger partial charge in [0.2, 0.25) is 5.82 Å². The molecule has 1 aromatic heterocycles. The number of aromatic amines is 1. The predicted octanol–water partition coefficient (Wildman–Crippen LogP) is 2.00. The largest absolute Gasteiger partial charge is 0.451 e. The highest BCUT2D eigenvalue weighted by molar-refractivity contribution is 7.71. The molecule has 0 saturated heterocycles. The van der Waals surface area contributed by atoms with Crippen LogP contribution in [0.4, 0.5) is 13.2 Å². The molecule has 1 heterocycles. The lowest BCUT2D eigenvalue weighted by molar-refractivity contribution is -0.147. The highest BCUT2D eigenvalue weighted by Gasteiger charge is 2.37. The number of nitrogens with one attached hydrogen (secondary N) is 1. The van der Waals surface area contributed by atoms with E-state index in [4.69, 9.17) is 4.74 Å². The molecule has 0 aliphatic carbocycles. The summed E-state index contributed by atoms with van der Waals surface area (Å²) in [5.41, 5.74) is 0. The summed E-state index contributed by atoms with van der Waals surface area (Å²) in [5.74, 6) is -1.02. The molecule has 1 N–H and O–H groups in total. The molecular weight excluding hydrogens is 231 g/mol. The number of hydrogen-bond donors (Lipinski definition) is 1. The summed E-state index contributed by atoms with van der Waals surface area (Å²) in [6, 6.07) is 0. The molecule has 86 valence electrons. The maximum Gasteiger partial charge on any atom is 0.451 e. The van der Waals surface area contributed by atoms with E-state index in [1.54, 1.807) is 6.92 Å². The van der Waals surface area contributed by atoms with Crippen molar-refractivity contribution in [1.29, 1.82) is 0 Å². The maximum atomic E-state index is 12.4. The molecule has 1 rings (SSSR count). The van der Waals surface area contributed by atoms with Crippen molar-refractivity contribution in [3.05, 3.63) is 10.6 Å². The lowest BCUT2D eigenvalue weighted by atomic mass is 10.5. The smallest absolute Gasteiger partial charge is 0.380 e. The van der Waals surface area contributed by atoms with Gasteiger partial charge in [-0.05, 0) is 19.1 Å². The fourth-order valence-corrected chi connectivity index (χ4v) is 1.27. The molecule has 0 spiro atoms. The third kappa shape index (κ3) is 3.03. The minimum Gasteiger partial charge on any atom is -0.380 e. The van der Waals surface area contributed by atoms with Gasteiger partial charge in [0.1, 0.15) is 0 Å². The Kier molecular flexibility index (Phi) is 3.86. The first kappa shape index (κ1) is 12.2. The fraction of sp³-hybridized carbons (Fsp3) is 0.714. The third-order valence-corrected chi connectivity index (χ3v) is 1.99. The van der Waals surface area contributed by atoms with Crippen molar-refractivity contribution in [1.82, 2.24) is 14.8 Å². The Hall–Kier alpha value is -0.890. The van der Waals surface area contributed by atoms with Crippen molar-refractivity contribution in [2.45, 2.75) is 19.6 Å². The molecule has 0 radical (unpaired) electrons. The molecule has 0 aliphatic rings. The van der Waals surface area contributed by atoms with Gasteiger partial charge in [-0.3, -0.25) is 9.67 Å². The highest BCUT2D eigenvalue weighted by atomic mass is 32.1. The van der Waals surface area contributed by atoms with Gasteiger partial charge in [-0.2, -0.15) is 13.2 Å². The molecule has 0 atom stereocenters. The number of ether oxygens (including phenoxy) is 1. The Bertz CT molecular complexity index is 370. The monoisotopic (exact) mass is 241 g/mol. The van der Waals surface area contributed by atoms with E-state index in [0.717, 1.165) is 4.57 Å². The zero-order valence-corrected chi connectivity index (χ0v) is 8.78. The van der Waals surface area contributed by atoms with Crippen molar-refractivity contribution in [2.75, 3.05) is 13.2 Å².